The van der Waals surface area contributed by atoms with E-state index in [0.717, 1.165) is 17.2 Å². The summed E-state index contributed by atoms with van der Waals surface area (Å²) in [6.07, 6.45) is 7.75. The molecule has 1 aromatic heterocycles. The fraction of sp³-hybridized carbons (Fsp3) is 0.444. The molecule has 0 amide bonds. The summed E-state index contributed by atoms with van der Waals surface area (Å²) < 4.78 is 0. The van der Waals surface area contributed by atoms with Gasteiger partial charge in [-0.25, -0.2) is 4.98 Å². The lowest BCUT2D eigenvalue weighted by atomic mass is 10.1. The molecule has 1 aliphatic rings. The van der Waals surface area contributed by atoms with Crippen molar-refractivity contribution < 1.29 is 0 Å². The van der Waals surface area contributed by atoms with Crippen LogP contribution in [0.2, 0.25) is 5.02 Å². The fourth-order valence-electron chi connectivity index (χ4n) is 3.03. The average molecular weight is 331 g/mol. The molecule has 122 valence electrons. The molecule has 0 atom stereocenters. The number of aryl methyl sites for hydroxylation is 1. The largest absolute Gasteiger partial charge is 0.367 e. The van der Waals surface area contributed by atoms with E-state index in [9.17, 15) is 0 Å². The van der Waals surface area contributed by atoms with Gasteiger partial charge in [0.05, 0.1) is 0 Å². The van der Waals surface area contributed by atoms with Crippen molar-refractivity contribution in [1.82, 2.24) is 9.97 Å². The van der Waals surface area contributed by atoms with Crippen molar-refractivity contribution in [2.75, 3.05) is 10.6 Å². The molecule has 5 heteroatoms. The zero-order chi connectivity index (χ0) is 16.1. The predicted molar refractivity (Wildman–Crippen MR) is 96.6 cm³/mol. The Bertz CT molecular complexity index is 651. The van der Waals surface area contributed by atoms with Crippen LogP contribution in [0.25, 0.3) is 0 Å². The fourth-order valence-corrected chi connectivity index (χ4v) is 3.22. The van der Waals surface area contributed by atoms with Crippen LogP contribution in [0.3, 0.4) is 0 Å². The Kier molecular flexibility index (Phi) is 5.34. The van der Waals surface area contributed by atoms with Crippen LogP contribution >= 0.6 is 11.6 Å². The normalized spacial score (nSPS) is 15.9. The number of aromatic nitrogens is 2. The number of halogens is 1. The summed E-state index contributed by atoms with van der Waals surface area (Å²) in [5.41, 5.74) is 1.84. The molecule has 0 saturated heterocycles. The number of rotatable bonds is 4. The van der Waals surface area contributed by atoms with Gasteiger partial charge in [0, 0.05) is 28.5 Å². The number of nitrogens with one attached hydrogen (secondary N) is 2. The van der Waals surface area contributed by atoms with Gasteiger partial charge in [-0.2, -0.15) is 4.98 Å². The first-order chi connectivity index (χ1) is 11.2. The third-order valence-corrected chi connectivity index (χ3v) is 4.38. The lowest BCUT2D eigenvalue weighted by Crippen LogP contribution is -2.19. The molecule has 3 rings (SSSR count). The van der Waals surface area contributed by atoms with Crippen molar-refractivity contribution in [3.8, 4) is 0 Å². The van der Waals surface area contributed by atoms with E-state index in [1.807, 2.05) is 37.3 Å². The SMILES string of the molecule is Cc1cc(NC2CCCCCC2)nc(Nc2cccc(Cl)c2)n1. The van der Waals surface area contributed by atoms with Gasteiger partial charge in [0.2, 0.25) is 5.95 Å². The van der Waals surface area contributed by atoms with Crippen LogP contribution in [0.5, 0.6) is 0 Å². The van der Waals surface area contributed by atoms with Gasteiger partial charge >= 0.3 is 0 Å². The van der Waals surface area contributed by atoms with Gasteiger partial charge in [-0.15, -0.1) is 0 Å². The van der Waals surface area contributed by atoms with Crippen molar-refractivity contribution in [3.05, 3.63) is 41.0 Å². The van der Waals surface area contributed by atoms with Crippen LogP contribution in [0, 0.1) is 6.92 Å². The minimum absolute atomic E-state index is 0.519. The van der Waals surface area contributed by atoms with Crippen molar-refractivity contribution in [1.29, 1.82) is 0 Å². The Morgan fingerprint density at radius 1 is 1.04 bits per heavy atom. The van der Waals surface area contributed by atoms with Crippen molar-refractivity contribution in [3.63, 3.8) is 0 Å². The summed E-state index contributed by atoms with van der Waals surface area (Å²) in [7, 11) is 0. The molecule has 0 unspecified atom stereocenters. The standard InChI is InChI=1S/C18H23ClN4/c1-13-11-17(21-15-8-4-2-3-5-9-15)23-18(20-13)22-16-10-6-7-14(19)12-16/h6-7,10-12,15H,2-5,8-9H2,1H3,(H2,20,21,22,23). The maximum atomic E-state index is 6.02. The Balaban J connectivity index is 1.73. The molecule has 1 aliphatic carbocycles. The second-order valence-electron chi connectivity index (χ2n) is 6.19. The highest BCUT2D eigenvalue weighted by Gasteiger charge is 2.13. The van der Waals surface area contributed by atoms with E-state index in [0.29, 0.717) is 17.0 Å². The molecule has 23 heavy (non-hydrogen) atoms. The number of hydrogen-bond donors (Lipinski definition) is 2. The van der Waals surface area contributed by atoms with E-state index in [-0.39, 0.29) is 0 Å². The molecule has 0 aliphatic heterocycles. The number of hydrogen-bond acceptors (Lipinski definition) is 4. The first-order valence-electron chi connectivity index (χ1n) is 8.34. The third-order valence-electron chi connectivity index (χ3n) is 4.14. The molecule has 1 aromatic carbocycles. The first-order valence-corrected chi connectivity index (χ1v) is 8.72. The molecule has 1 fully saturated rings. The molecule has 0 radical (unpaired) electrons. The quantitative estimate of drug-likeness (QED) is 0.745. The molecular formula is C18H23ClN4. The summed E-state index contributed by atoms with van der Waals surface area (Å²) in [6.45, 7) is 1.99. The molecule has 4 nitrogen and oxygen atoms in total. The second kappa shape index (κ2) is 7.64. The van der Waals surface area contributed by atoms with E-state index < -0.39 is 0 Å². The lowest BCUT2D eigenvalue weighted by Gasteiger charge is -2.17. The summed E-state index contributed by atoms with van der Waals surface area (Å²) in [6, 6.07) is 10.1. The summed E-state index contributed by atoms with van der Waals surface area (Å²) in [5.74, 6) is 1.50. The highest BCUT2D eigenvalue weighted by atomic mass is 35.5. The zero-order valence-corrected chi connectivity index (χ0v) is 14.2. The minimum atomic E-state index is 0.519. The first kappa shape index (κ1) is 16.1. The lowest BCUT2D eigenvalue weighted by molar-refractivity contribution is 0.617. The van der Waals surface area contributed by atoms with Gasteiger partial charge in [0.1, 0.15) is 5.82 Å². The maximum Gasteiger partial charge on any atom is 0.229 e. The number of anilines is 3. The Morgan fingerprint density at radius 2 is 1.83 bits per heavy atom. The molecule has 0 spiro atoms. The molecule has 1 saturated carbocycles. The van der Waals surface area contributed by atoms with Crippen LogP contribution < -0.4 is 10.6 Å². The third kappa shape index (κ3) is 4.83. The van der Waals surface area contributed by atoms with Crippen LogP contribution in [-0.2, 0) is 0 Å². The van der Waals surface area contributed by atoms with Gasteiger partial charge in [-0.3, -0.25) is 0 Å². The smallest absolute Gasteiger partial charge is 0.229 e. The van der Waals surface area contributed by atoms with Crippen LogP contribution in [0.15, 0.2) is 30.3 Å². The highest BCUT2D eigenvalue weighted by Crippen LogP contribution is 2.22. The summed E-state index contributed by atoms with van der Waals surface area (Å²) in [4.78, 5) is 9.07. The van der Waals surface area contributed by atoms with Crippen LogP contribution in [0.1, 0.15) is 44.2 Å². The van der Waals surface area contributed by atoms with Crippen molar-refractivity contribution >= 4 is 29.1 Å². The van der Waals surface area contributed by atoms with E-state index in [4.69, 9.17) is 11.6 Å². The summed E-state index contributed by atoms with van der Waals surface area (Å²) >= 11 is 6.02. The Labute approximate surface area is 142 Å². The van der Waals surface area contributed by atoms with Gasteiger partial charge < -0.3 is 10.6 Å². The number of nitrogens with zero attached hydrogens (tertiary/aromatic N) is 2. The second-order valence-corrected chi connectivity index (χ2v) is 6.62. The predicted octanol–water partition coefficient (Wildman–Crippen LogP) is 5.32. The van der Waals surface area contributed by atoms with E-state index in [2.05, 4.69) is 20.6 Å². The molecular weight excluding hydrogens is 308 g/mol. The maximum absolute atomic E-state index is 6.02. The zero-order valence-electron chi connectivity index (χ0n) is 13.5. The van der Waals surface area contributed by atoms with E-state index in [1.165, 1.54) is 38.5 Å². The van der Waals surface area contributed by atoms with Crippen molar-refractivity contribution in [2.45, 2.75) is 51.5 Å². The van der Waals surface area contributed by atoms with Gasteiger partial charge in [-0.05, 0) is 38.0 Å². The highest BCUT2D eigenvalue weighted by molar-refractivity contribution is 6.30. The topological polar surface area (TPSA) is 49.8 Å². The average Bonchev–Trinajstić information content (AvgIpc) is 2.75. The van der Waals surface area contributed by atoms with Crippen LogP contribution in [0.4, 0.5) is 17.5 Å². The van der Waals surface area contributed by atoms with Gasteiger partial charge in [0.25, 0.3) is 0 Å². The monoisotopic (exact) mass is 330 g/mol. The Morgan fingerprint density at radius 3 is 2.57 bits per heavy atom. The van der Waals surface area contributed by atoms with Gasteiger partial charge in [0.15, 0.2) is 0 Å². The van der Waals surface area contributed by atoms with Gasteiger partial charge in [-0.1, -0.05) is 43.4 Å². The van der Waals surface area contributed by atoms with E-state index in [1.54, 1.807) is 0 Å². The number of benzene rings is 1. The molecule has 2 N–H and O–H groups in total. The Hall–Kier alpha value is -1.81. The summed E-state index contributed by atoms with van der Waals surface area (Å²) in [5, 5.41) is 7.50. The van der Waals surface area contributed by atoms with E-state index >= 15 is 0 Å². The van der Waals surface area contributed by atoms with Crippen LogP contribution in [-0.4, -0.2) is 16.0 Å². The minimum Gasteiger partial charge on any atom is -0.367 e. The molecule has 2 aromatic rings. The molecule has 1 heterocycles. The van der Waals surface area contributed by atoms with Crippen molar-refractivity contribution in [2.24, 2.45) is 0 Å². The molecule has 0 bridgehead atoms.